The third-order valence-electron chi connectivity index (χ3n) is 3.26. The number of nitrogens with zero attached hydrogens (tertiary/aromatic N) is 1. The van der Waals surface area contributed by atoms with Crippen molar-refractivity contribution in [2.24, 2.45) is 0 Å². The predicted molar refractivity (Wildman–Crippen MR) is 85.6 cm³/mol. The molecule has 0 unspecified atom stereocenters. The summed E-state index contributed by atoms with van der Waals surface area (Å²) in [5, 5.41) is 14.5. The molecule has 1 aromatic carbocycles. The van der Waals surface area contributed by atoms with Crippen molar-refractivity contribution >= 4 is 22.9 Å². The Labute approximate surface area is 128 Å². The highest BCUT2D eigenvalue weighted by Crippen LogP contribution is 2.27. The standard InChI is InChI=1S/C16H20N2O2S/c1-10(2)13-6-4-5-11(3)16(13)18-14(20)7-15-17-12(8-19)9-21-15/h4-6,9-10,19H,7-8H2,1-3H3,(H,18,20). The molecule has 0 saturated carbocycles. The zero-order valence-electron chi connectivity index (χ0n) is 12.5. The fourth-order valence-electron chi connectivity index (χ4n) is 2.17. The van der Waals surface area contributed by atoms with Gasteiger partial charge in [0, 0.05) is 11.1 Å². The van der Waals surface area contributed by atoms with E-state index in [1.807, 2.05) is 25.1 Å². The lowest BCUT2D eigenvalue weighted by Gasteiger charge is -2.16. The fourth-order valence-corrected chi connectivity index (χ4v) is 2.95. The maximum atomic E-state index is 12.2. The minimum atomic E-state index is -0.0899. The van der Waals surface area contributed by atoms with E-state index in [9.17, 15) is 4.79 Å². The highest BCUT2D eigenvalue weighted by molar-refractivity contribution is 7.09. The third kappa shape index (κ3) is 3.89. The summed E-state index contributed by atoms with van der Waals surface area (Å²) in [5.41, 5.74) is 3.71. The van der Waals surface area contributed by atoms with E-state index in [1.165, 1.54) is 11.3 Å². The summed E-state index contributed by atoms with van der Waals surface area (Å²) in [7, 11) is 0. The van der Waals surface area contributed by atoms with Crippen LogP contribution in [-0.4, -0.2) is 16.0 Å². The van der Waals surface area contributed by atoms with Crippen molar-refractivity contribution in [3.05, 3.63) is 45.4 Å². The van der Waals surface area contributed by atoms with E-state index in [0.717, 1.165) is 21.8 Å². The summed E-state index contributed by atoms with van der Waals surface area (Å²) in [6, 6.07) is 6.05. The number of para-hydroxylation sites is 1. The molecule has 0 atom stereocenters. The van der Waals surface area contributed by atoms with Crippen molar-refractivity contribution in [3.8, 4) is 0 Å². The number of aliphatic hydroxyl groups is 1. The van der Waals surface area contributed by atoms with Crippen molar-refractivity contribution in [2.75, 3.05) is 5.32 Å². The SMILES string of the molecule is Cc1cccc(C(C)C)c1NC(=O)Cc1nc(CO)cs1. The first-order chi connectivity index (χ1) is 10.0. The van der Waals surface area contributed by atoms with Crippen molar-refractivity contribution in [3.63, 3.8) is 0 Å². The number of hydrogen-bond donors (Lipinski definition) is 2. The molecule has 0 fully saturated rings. The number of thiazole rings is 1. The van der Waals surface area contributed by atoms with Crippen LogP contribution in [0.4, 0.5) is 5.69 Å². The van der Waals surface area contributed by atoms with E-state index in [1.54, 1.807) is 5.38 Å². The van der Waals surface area contributed by atoms with Gasteiger partial charge in [0.2, 0.25) is 5.91 Å². The van der Waals surface area contributed by atoms with Crippen LogP contribution in [0, 0.1) is 6.92 Å². The molecule has 0 aliphatic rings. The molecule has 0 saturated heterocycles. The monoisotopic (exact) mass is 304 g/mol. The van der Waals surface area contributed by atoms with Crippen LogP contribution in [0.15, 0.2) is 23.6 Å². The zero-order valence-corrected chi connectivity index (χ0v) is 13.3. The van der Waals surface area contributed by atoms with E-state index < -0.39 is 0 Å². The van der Waals surface area contributed by atoms with Gasteiger partial charge >= 0.3 is 0 Å². The van der Waals surface area contributed by atoms with Gasteiger partial charge in [0.1, 0.15) is 5.01 Å². The van der Waals surface area contributed by atoms with E-state index in [2.05, 4.69) is 24.1 Å². The van der Waals surface area contributed by atoms with Crippen LogP contribution in [0.3, 0.4) is 0 Å². The molecule has 1 aromatic heterocycles. The highest BCUT2D eigenvalue weighted by atomic mass is 32.1. The number of anilines is 1. The number of nitrogens with one attached hydrogen (secondary N) is 1. The molecule has 2 aromatic rings. The number of amides is 1. The van der Waals surface area contributed by atoms with Gasteiger partial charge in [0.25, 0.3) is 0 Å². The topological polar surface area (TPSA) is 62.2 Å². The molecular formula is C16H20N2O2S. The Hall–Kier alpha value is -1.72. The second-order valence-corrected chi connectivity index (χ2v) is 6.25. The first-order valence-electron chi connectivity index (χ1n) is 6.94. The van der Waals surface area contributed by atoms with E-state index in [0.29, 0.717) is 11.6 Å². The average Bonchev–Trinajstić information content (AvgIpc) is 2.88. The Balaban J connectivity index is 2.12. The Bertz CT molecular complexity index is 635. The number of aliphatic hydroxyl groups excluding tert-OH is 1. The number of carbonyl (C=O) groups is 1. The van der Waals surface area contributed by atoms with Gasteiger partial charge in [-0.1, -0.05) is 32.0 Å². The molecule has 4 nitrogen and oxygen atoms in total. The molecule has 112 valence electrons. The molecule has 21 heavy (non-hydrogen) atoms. The first-order valence-corrected chi connectivity index (χ1v) is 7.82. The lowest BCUT2D eigenvalue weighted by molar-refractivity contribution is -0.115. The van der Waals surface area contributed by atoms with Crippen molar-refractivity contribution in [1.29, 1.82) is 0 Å². The molecule has 2 rings (SSSR count). The molecule has 1 amide bonds. The second kappa shape index (κ2) is 6.83. The Morgan fingerprint density at radius 3 is 2.81 bits per heavy atom. The van der Waals surface area contributed by atoms with Gasteiger partial charge in [-0.05, 0) is 24.0 Å². The van der Waals surface area contributed by atoms with Gasteiger partial charge < -0.3 is 10.4 Å². The minimum absolute atomic E-state index is 0.0787. The van der Waals surface area contributed by atoms with Gasteiger partial charge in [0.05, 0.1) is 18.7 Å². The maximum Gasteiger partial charge on any atom is 0.231 e. The van der Waals surface area contributed by atoms with Crippen LogP contribution in [-0.2, 0) is 17.8 Å². The molecule has 0 aliphatic carbocycles. The van der Waals surface area contributed by atoms with Crippen LogP contribution in [0.1, 0.15) is 41.6 Å². The first kappa shape index (κ1) is 15.7. The Morgan fingerprint density at radius 1 is 1.43 bits per heavy atom. The molecule has 1 heterocycles. The molecule has 0 bridgehead atoms. The minimum Gasteiger partial charge on any atom is -0.390 e. The van der Waals surface area contributed by atoms with Gasteiger partial charge in [-0.2, -0.15) is 0 Å². The predicted octanol–water partition coefficient (Wildman–Crippen LogP) is 3.25. The van der Waals surface area contributed by atoms with Crippen molar-refractivity contribution < 1.29 is 9.90 Å². The number of aryl methyl sites for hydroxylation is 1. The van der Waals surface area contributed by atoms with Crippen LogP contribution in [0.25, 0.3) is 0 Å². The summed E-state index contributed by atoms with van der Waals surface area (Å²) >= 11 is 1.40. The van der Waals surface area contributed by atoms with Crippen molar-refractivity contribution in [1.82, 2.24) is 4.98 Å². The number of rotatable bonds is 5. The smallest absolute Gasteiger partial charge is 0.231 e. The third-order valence-corrected chi connectivity index (χ3v) is 4.16. The van der Waals surface area contributed by atoms with Crippen molar-refractivity contribution in [2.45, 2.75) is 39.7 Å². The molecular weight excluding hydrogens is 284 g/mol. The highest BCUT2D eigenvalue weighted by Gasteiger charge is 2.13. The average molecular weight is 304 g/mol. The number of carbonyl (C=O) groups excluding carboxylic acids is 1. The van der Waals surface area contributed by atoms with Crippen LogP contribution < -0.4 is 5.32 Å². The van der Waals surface area contributed by atoms with Gasteiger partial charge in [-0.3, -0.25) is 4.79 Å². The molecule has 2 N–H and O–H groups in total. The Kier molecular flexibility index (Phi) is 5.09. The molecule has 0 radical (unpaired) electrons. The lowest BCUT2D eigenvalue weighted by Crippen LogP contribution is -2.16. The summed E-state index contributed by atoms with van der Waals surface area (Å²) in [4.78, 5) is 16.4. The molecule has 0 spiro atoms. The zero-order chi connectivity index (χ0) is 15.4. The largest absolute Gasteiger partial charge is 0.390 e. The summed E-state index contributed by atoms with van der Waals surface area (Å²) in [6.45, 7) is 6.12. The van der Waals surface area contributed by atoms with Crippen LogP contribution in [0.5, 0.6) is 0 Å². The van der Waals surface area contributed by atoms with Gasteiger partial charge in [-0.15, -0.1) is 11.3 Å². The van der Waals surface area contributed by atoms with E-state index in [4.69, 9.17) is 5.11 Å². The normalized spacial score (nSPS) is 10.9. The lowest BCUT2D eigenvalue weighted by atomic mass is 9.98. The maximum absolute atomic E-state index is 12.2. The Morgan fingerprint density at radius 2 is 2.19 bits per heavy atom. The number of benzene rings is 1. The van der Waals surface area contributed by atoms with E-state index >= 15 is 0 Å². The number of aromatic nitrogens is 1. The van der Waals surface area contributed by atoms with Crippen LogP contribution >= 0.6 is 11.3 Å². The fraction of sp³-hybridized carbons (Fsp3) is 0.375. The number of hydrogen-bond acceptors (Lipinski definition) is 4. The summed E-state index contributed by atoms with van der Waals surface area (Å²) in [6.07, 6.45) is 0.233. The summed E-state index contributed by atoms with van der Waals surface area (Å²) in [5.74, 6) is 0.270. The van der Waals surface area contributed by atoms with Gasteiger partial charge in [-0.25, -0.2) is 4.98 Å². The van der Waals surface area contributed by atoms with Crippen LogP contribution in [0.2, 0.25) is 0 Å². The quantitative estimate of drug-likeness (QED) is 0.891. The second-order valence-electron chi connectivity index (χ2n) is 5.31. The van der Waals surface area contributed by atoms with E-state index in [-0.39, 0.29) is 18.9 Å². The molecule has 0 aliphatic heterocycles. The molecule has 5 heteroatoms. The summed E-state index contributed by atoms with van der Waals surface area (Å²) < 4.78 is 0. The van der Waals surface area contributed by atoms with Gasteiger partial charge in [0.15, 0.2) is 0 Å².